The summed E-state index contributed by atoms with van der Waals surface area (Å²) >= 11 is 0. The minimum Gasteiger partial charge on any atom is -0.388 e. The first kappa shape index (κ1) is 19.1. The third kappa shape index (κ3) is 4.25. The Hall–Kier alpha value is -1.20. The van der Waals surface area contributed by atoms with E-state index in [2.05, 4.69) is 6.58 Å². The molecule has 0 unspecified atom stereocenters. The molecule has 5 atom stereocenters. The Kier molecular flexibility index (Phi) is 5.55. The van der Waals surface area contributed by atoms with Crippen LogP contribution < -0.4 is 5.32 Å². The minimum atomic E-state index is -5.10. The SMILES string of the molecule is C=CCO[C@H]1O[C@@H]2COC(C)(C)O[C@H]2[C@H](O)[C@H]1NC(=O)C(F)(F)F. The number of carbonyl (C=O) groups excluding carboxylic acids is 1. The van der Waals surface area contributed by atoms with Gasteiger partial charge in [-0.1, -0.05) is 6.08 Å². The molecule has 138 valence electrons. The quantitative estimate of drug-likeness (QED) is 0.713. The molecule has 2 saturated heterocycles. The van der Waals surface area contributed by atoms with Crippen LogP contribution in [0.5, 0.6) is 0 Å². The smallest absolute Gasteiger partial charge is 0.388 e. The van der Waals surface area contributed by atoms with Crippen molar-refractivity contribution in [3.63, 3.8) is 0 Å². The number of ether oxygens (including phenoxy) is 4. The van der Waals surface area contributed by atoms with E-state index in [4.69, 9.17) is 18.9 Å². The Morgan fingerprint density at radius 1 is 1.50 bits per heavy atom. The first-order valence-corrected chi connectivity index (χ1v) is 7.30. The highest BCUT2D eigenvalue weighted by atomic mass is 19.4. The van der Waals surface area contributed by atoms with Gasteiger partial charge < -0.3 is 29.4 Å². The van der Waals surface area contributed by atoms with Gasteiger partial charge in [-0.2, -0.15) is 13.2 Å². The van der Waals surface area contributed by atoms with Gasteiger partial charge in [0.2, 0.25) is 0 Å². The molecule has 2 rings (SSSR count). The van der Waals surface area contributed by atoms with Crippen molar-refractivity contribution in [3.05, 3.63) is 12.7 Å². The zero-order valence-corrected chi connectivity index (χ0v) is 13.2. The van der Waals surface area contributed by atoms with Gasteiger partial charge in [-0.3, -0.25) is 4.79 Å². The van der Waals surface area contributed by atoms with Crippen LogP contribution in [0, 0.1) is 0 Å². The Bertz CT molecular complexity index is 484. The van der Waals surface area contributed by atoms with Crippen molar-refractivity contribution in [2.75, 3.05) is 13.2 Å². The van der Waals surface area contributed by atoms with Gasteiger partial charge in [-0.15, -0.1) is 6.58 Å². The predicted molar refractivity (Wildman–Crippen MR) is 73.7 cm³/mol. The summed E-state index contributed by atoms with van der Waals surface area (Å²) in [6.45, 7) is 6.64. The molecule has 24 heavy (non-hydrogen) atoms. The van der Waals surface area contributed by atoms with Crippen LogP contribution in [0.25, 0.3) is 0 Å². The van der Waals surface area contributed by atoms with Crippen LogP contribution in [0.4, 0.5) is 13.2 Å². The molecule has 0 aromatic heterocycles. The Morgan fingerprint density at radius 2 is 2.17 bits per heavy atom. The van der Waals surface area contributed by atoms with Gasteiger partial charge in [0.15, 0.2) is 12.1 Å². The second-order valence-electron chi connectivity index (χ2n) is 5.95. The first-order valence-electron chi connectivity index (χ1n) is 7.30. The standard InChI is InChI=1S/C14H20F3NO6/c1-4-5-21-11-8(18-12(20)14(15,16)17)9(19)10-7(23-11)6-22-13(2,3)24-10/h4,7-11,19H,1,5-6H2,2-3H3,(H,18,20)/t7-,8-,9-,10-,11+/m1/s1. The fourth-order valence-electron chi connectivity index (χ4n) is 2.54. The number of alkyl halides is 3. The van der Waals surface area contributed by atoms with Crippen molar-refractivity contribution in [1.82, 2.24) is 5.32 Å². The highest BCUT2D eigenvalue weighted by Gasteiger charge is 2.53. The van der Waals surface area contributed by atoms with Gasteiger partial charge in [-0.25, -0.2) is 0 Å². The fourth-order valence-corrected chi connectivity index (χ4v) is 2.54. The zero-order chi connectivity index (χ0) is 18.1. The van der Waals surface area contributed by atoms with Crippen LogP contribution in [0.2, 0.25) is 0 Å². The van der Waals surface area contributed by atoms with Gasteiger partial charge in [0.1, 0.15) is 24.4 Å². The van der Waals surface area contributed by atoms with Crippen LogP contribution >= 0.6 is 0 Å². The molecule has 0 spiro atoms. The summed E-state index contributed by atoms with van der Waals surface area (Å²) in [6.07, 6.45) is -8.25. The maximum Gasteiger partial charge on any atom is 0.471 e. The Balaban J connectivity index is 2.18. The van der Waals surface area contributed by atoms with E-state index in [0.29, 0.717) is 0 Å². The van der Waals surface area contributed by atoms with E-state index in [9.17, 15) is 23.1 Å². The summed E-state index contributed by atoms with van der Waals surface area (Å²) in [4.78, 5) is 11.2. The molecular weight excluding hydrogens is 335 g/mol. The van der Waals surface area contributed by atoms with Crippen LogP contribution in [0.1, 0.15) is 13.8 Å². The molecule has 0 aromatic carbocycles. The molecule has 2 aliphatic rings. The topological polar surface area (TPSA) is 86.2 Å². The van der Waals surface area contributed by atoms with Gasteiger partial charge in [0.05, 0.1) is 13.2 Å². The van der Waals surface area contributed by atoms with Crippen molar-refractivity contribution in [2.24, 2.45) is 0 Å². The van der Waals surface area contributed by atoms with E-state index in [1.807, 2.05) is 0 Å². The van der Waals surface area contributed by atoms with Crippen LogP contribution in [0.3, 0.4) is 0 Å². The molecule has 0 radical (unpaired) electrons. The molecule has 1 amide bonds. The number of nitrogens with one attached hydrogen (secondary N) is 1. The number of aliphatic hydroxyl groups excluding tert-OH is 1. The zero-order valence-electron chi connectivity index (χ0n) is 13.2. The van der Waals surface area contributed by atoms with Crippen molar-refractivity contribution in [1.29, 1.82) is 0 Å². The maximum absolute atomic E-state index is 12.5. The summed E-state index contributed by atoms with van der Waals surface area (Å²) in [6, 6.07) is -1.46. The summed E-state index contributed by atoms with van der Waals surface area (Å²) < 4.78 is 59.3. The lowest BCUT2D eigenvalue weighted by Crippen LogP contribution is -2.69. The number of halogens is 3. The van der Waals surface area contributed by atoms with E-state index in [0.717, 1.165) is 0 Å². The lowest BCUT2D eigenvalue weighted by atomic mass is 9.95. The molecule has 2 heterocycles. The number of hydrogen-bond acceptors (Lipinski definition) is 6. The molecule has 0 aromatic rings. The van der Waals surface area contributed by atoms with Crippen LogP contribution in [-0.2, 0) is 23.7 Å². The number of hydrogen-bond donors (Lipinski definition) is 2. The molecule has 2 N–H and O–H groups in total. The largest absolute Gasteiger partial charge is 0.471 e. The van der Waals surface area contributed by atoms with Gasteiger partial charge >= 0.3 is 12.1 Å². The molecule has 2 fully saturated rings. The van der Waals surface area contributed by atoms with E-state index in [1.165, 1.54) is 6.08 Å². The molecule has 0 aliphatic carbocycles. The van der Waals surface area contributed by atoms with Crippen molar-refractivity contribution >= 4 is 5.91 Å². The average Bonchev–Trinajstić information content (AvgIpc) is 2.47. The second kappa shape index (κ2) is 6.96. The monoisotopic (exact) mass is 355 g/mol. The molecule has 2 aliphatic heterocycles. The molecular formula is C14H20F3NO6. The highest BCUT2D eigenvalue weighted by molar-refractivity contribution is 5.82. The van der Waals surface area contributed by atoms with E-state index in [1.54, 1.807) is 19.2 Å². The summed E-state index contributed by atoms with van der Waals surface area (Å²) in [5.41, 5.74) is 0. The number of amides is 1. The minimum absolute atomic E-state index is 0.0413. The lowest BCUT2D eigenvalue weighted by Gasteiger charge is -2.49. The van der Waals surface area contributed by atoms with Gasteiger partial charge in [0, 0.05) is 0 Å². The fraction of sp³-hybridized carbons (Fsp3) is 0.786. The third-order valence-corrected chi connectivity index (χ3v) is 3.62. The summed E-state index contributed by atoms with van der Waals surface area (Å²) in [5.74, 6) is -3.24. The number of rotatable bonds is 4. The van der Waals surface area contributed by atoms with Crippen LogP contribution in [-0.4, -0.2) is 66.8 Å². The molecule has 10 heteroatoms. The average molecular weight is 355 g/mol. The Morgan fingerprint density at radius 3 is 2.75 bits per heavy atom. The normalized spacial score (nSPS) is 35.8. The van der Waals surface area contributed by atoms with E-state index < -0.39 is 48.5 Å². The number of fused-ring (bicyclic) bond motifs is 1. The van der Waals surface area contributed by atoms with Crippen molar-refractivity contribution < 1.29 is 42.0 Å². The maximum atomic E-state index is 12.5. The predicted octanol–water partition coefficient (Wildman–Crippen LogP) is 0.473. The molecule has 0 bridgehead atoms. The van der Waals surface area contributed by atoms with Crippen molar-refractivity contribution in [3.8, 4) is 0 Å². The molecule has 7 nitrogen and oxygen atoms in total. The highest BCUT2D eigenvalue weighted by Crippen LogP contribution is 2.33. The van der Waals surface area contributed by atoms with Gasteiger partial charge in [-0.05, 0) is 13.8 Å². The first-order chi connectivity index (χ1) is 11.0. The Labute approximate surface area is 136 Å². The van der Waals surface area contributed by atoms with E-state index >= 15 is 0 Å². The molecule has 0 saturated carbocycles. The van der Waals surface area contributed by atoms with E-state index in [-0.39, 0.29) is 13.2 Å². The van der Waals surface area contributed by atoms with Gasteiger partial charge in [0.25, 0.3) is 0 Å². The number of carbonyl (C=O) groups is 1. The lowest BCUT2D eigenvalue weighted by molar-refractivity contribution is -0.368. The summed E-state index contributed by atoms with van der Waals surface area (Å²) in [5, 5.41) is 12.1. The summed E-state index contributed by atoms with van der Waals surface area (Å²) in [7, 11) is 0. The van der Waals surface area contributed by atoms with Crippen molar-refractivity contribution in [2.45, 2.75) is 56.5 Å². The third-order valence-electron chi connectivity index (χ3n) is 3.62. The second-order valence-corrected chi connectivity index (χ2v) is 5.95. The van der Waals surface area contributed by atoms with Crippen LogP contribution in [0.15, 0.2) is 12.7 Å². The number of aliphatic hydroxyl groups is 1.